The van der Waals surface area contributed by atoms with Gasteiger partial charge in [-0.25, -0.2) is 14.3 Å². The predicted octanol–water partition coefficient (Wildman–Crippen LogP) is 4.21. The second-order valence-electron chi connectivity index (χ2n) is 6.58. The Morgan fingerprint density at radius 2 is 1.90 bits per heavy atom. The summed E-state index contributed by atoms with van der Waals surface area (Å²) in [6.45, 7) is 2.46. The lowest BCUT2D eigenvalue weighted by molar-refractivity contribution is 0.426. The standard InChI is InChI=1S/C21H19FN4O2S/c1-14-18(25-28-19(14)16-7-9-17(22)10-8-16)13-29-21-24-23-20(27)26(21)12-11-15-5-3-2-4-6-15/h2-10H,11-13H2,1H3,(H,23,27). The van der Waals surface area contributed by atoms with E-state index in [0.29, 0.717) is 23.2 Å². The molecule has 0 atom stereocenters. The molecule has 0 bridgehead atoms. The molecule has 0 amide bonds. The molecule has 0 spiro atoms. The van der Waals surface area contributed by atoms with Crippen molar-refractivity contribution in [2.45, 2.75) is 30.8 Å². The van der Waals surface area contributed by atoms with Gasteiger partial charge in [-0.05, 0) is 43.2 Å². The lowest BCUT2D eigenvalue weighted by atomic mass is 10.1. The highest BCUT2D eigenvalue weighted by atomic mass is 32.2. The average Bonchev–Trinajstić information content (AvgIpc) is 3.28. The van der Waals surface area contributed by atoms with Crippen LogP contribution in [-0.4, -0.2) is 19.9 Å². The van der Waals surface area contributed by atoms with Crippen molar-refractivity contribution in [1.82, 2.24) is 19.9 Å². The zero-order valence-electron chi connectivity index (χ0n) is 15.8. The minimum atomic E-state index is -0.297. The van der Waals surface area contributed by atoms with Gasteiger partial charge >= 0.3 is 5.69 Å². The zero-order chi connectivity index (χ0) is 20.2. The second-order valence-corrected chi connectivity index (χ2v) is 7.52. The number of H-pyrrole nitrogens is 1. The first kappa shape index (κ1) is 19.2. The molecule has 0 saturated carbocycles. The number of nitrogens with one attached hydrogen (secondary N) is 1. The molecule has 148 valence electrons. The van der Waals surface area contributed by atoms with Crippen molar-refractivity contribution in [3.63, 3.8) is 0 Å². The van der Waals surface area contributed by atoms with Crippen LogP contribution in [0.15, 0.2) is 69.1 Å². The topological polar surface area (TPSA) is 76.7 Å². The van der Waals surface area contributed by atoms with E-state index in [-0.39, 0.29) is 11.5 Å². The molecule has 0 fully saturated rings. The Balaban J connectivity index is 1.46. The van der Waals surface area contributed by atoms with Crippen LogP contribution in [0.3, 0.4) is 0 Å². The maximum Gasteiger partial charge on any atom is 0.343 e. The van der Waals surface area contributed by atoms with Crippen molar-refractivity contribution < 1.29 is 8.91 Å². The van der Waals surface area contributed by atoms with E-state index < -0.39 is 0 Å². The molecule has 29 heavy (non-hydrogen) atoms. The normalized spacial score (nSPS) is 11.1. The van der Waals surface area contributed by atoms with Gasteiger partial charge in [-0.1, -0.05) is 47.3 Å². The summed E-state index contributed by atoms with van der Waals surface area (Å²) in [5.41, 5.74) is 3.35. The van der Waals surface area contributed by atoms with Gasteiger partial charge in [0.25, 0.3) is 0 Å². The largest absolute Gasteiger partial charge is 0.356 e. The Kier molecular flexibility index (Phi) is 5.62. The van der Waals surface area contributed by atoms with Crippen molar-refractivity contribution in [2.75, 3.05) is 0 Å². The summed E-state index contributed by atoms with van der Waals surface area (Å²) in [4.78, 5) is 12.1. The first-order valence-corrected chi connectivity index (χ1v) is 10.1. The maximum atomic E-state index is 13.1. The molecule has 4 aromatic rings. The third kappa shape index (κ3) is 4.32. The van der Waals surface area contributed by atoms with Gasteiger partial charge in [0.1, 0.15) is 5.82 Å². The molecule has 2 aromatic carbocycles. The lowest BCUT2D eigenvalue weighted by Gasteiger charge is -2.05. The van der Waals surface area contributed by atoms with E-state index in [4.69, 9.17) is 4.52 Å². The van der Waals surface area contributed by atoms with Crippen molar-refractivity contribution in [3.8, 4) is 11.3 Å². The number of hydrogen-bond donors (Lipinski definition) is 1. The van der Waals surface area contributed by atoms with Crippen molar-refractivity contribution >= 4 is 11.8 Å². The average molecular weight is 410 g/mol. The van der Waals surface area contributed by atoms with Crippen LogP contribution in [-0.2, 0) is 18.7 Å². The highest BCUT2D eigenvalue weighted by Crippen LogP contribution is 2.29. The number of aromatic nitrogens is 4. The van der Waals surface area contributed by atoms with Gasteiger partial charge in [-0.15, -0.1) is 5.10 Å². The summed E-state index contributed by atoms with van der Waals surface area (Å²) in [6.07, 6.45) is 0.742. The van der Waals surface area contributed by atoms with Crippen molar-refractivity contribution in [3.05, 3.63) is 87.7 Å². The molecule has 2 aromatic heterocycles. The number of benzene rings is 2. The highest BCUT2D eigenvalue weighted by molar-refractivity contribution is 7.98. The van der Waals surface area contributed by atoms with E-state index in [9.17, 15) is 9.18 Å². The fourth-order valence-corrected chi connectivity index (χ4v) is 3.98. The summed E-state index contributed by atoms with van der Waals surface area (Å²) in [6, 6.07) is 16.1. The molecule has 0 radical (unpaired) electrons. The van der Waals surface area contributed by atoms with Crippen LogP contribution in [0.1, 0.15) is 16.8 Å². The molecular weight excluding hydrogens is 391 g/mol. The summed E-state index contributed by atoms with van der Waals surface area (Å²) >= 11 is 1.42. The second kappa shape index (κ2) is 8.48. The number of aromatic amines is 1. The van der Waals surface area contributed by atoms with Gasteiger partial charge in [-0.3, -0.25) is 4.57 Å². The molecule has 0 unspecified atom stereocenters. The Morgan fingerprint density at radius 1 is 1.14 bits per heavy atom. The van der Waals surface area contributed by atoms with E-state index in [2.05, 4.69) is 15.4 Å². The Bertz CT molecular complexity index is 1150. The van der Waals surface area contributed by atoms with Gasteiger partial charge < -0.3 is 4.52 Å². The number of thioether (sulfide) groups is 1. The molecule has 0 aliphatic heterocycles. The lowest BCUT2D eigenvalue weighted by Crippen LogP contribution is -2.18. The van der Waals surface area contributed by atoms with Crippen LogP contribution >= 0.6 is 11.8 Å². The highest BCUT2D eigenvalue weighted by Gasteiger charge is 2.16. The van der Waals surface area contributed by atoms with Gasteiger partial charge in [0.05, 0.1) is 5.69 Å². The van der Waals surface area contributed by atoms with Crippen LogP contribution < -0.4 is 5.69 Å². The smallest absolute Gasteiger partial charge is 0.343 e. The van der Waals surface area contributed by atoms with Gasteiger partial charge in [0.2, 0.25) is 0 Å². The summed E-state index contributed by atoms with van der Waals surface area (Å²) in [5.74, 6) is 0.824. The molecule has 0 saturated heterocycles. The van der Waals surface area contributed by atoms with Crippen molar-refractivity contribution in [1.29, 1.82) is 0 Å². The van der Waals surface area contributed by atoms with E-state index in [1.807, 2.05) is 37.3 Å². The van der Waals surface area contributed by atoms with E-state index in [1.165, 1.54) is 23.9 Å². The predicted molar refractivity (Wildman–Crippen MR) is 109 cm³/mol. The summed E-state index contributed by atoms with van der Waals surface area (Å²) in [5, 5.41) is 11.4. The van der Waals surface area contributed by atoms with E-state index >= 15 is 0 Å². The van der Waals surface area contributed by atoms with E-state index in [0.717, 1.165) is 28.8 Å². The molecule has 6 nitrogen and oxygen atoms in total. The Labute approximate surface area is 170 Å². The number of hydrogen-bond acceptors (Lipinski definition) is 5. The summed E-state index contributed by atoms with van der Waals surface area (Å²) < 4.78 is 20.2. The van der Waals surface area contributed by atoms with Crippen LogP contribution in [0.25, 0.3) is 11.3 Å². The number of aryl methyl sites for hydroxylation is 1. The van der Waals surface area contributed by atoms with Gasteiger partial charge in [0, 0.05) is 23.4 Å². The molecule has 0 aliphatic rings. The van der Waals surface area contributed by atoms with E-state index in [1.54, 1.807) is 16.7 Å². The first-order chi connectivity index (χ1) is 14.1. The first-order valence-electron chi connectivity index (χ1n) is 9.15. The third-order valence-corrected chi connectivity index (χ3v) is 5.64. The van der Waals surface area contributed by atoms with Crippen LogP contribution in [0.4, 0.5) is 4.39 Å². The fourth-order valence-electron chi connectivity index (χ4n) is 3.00. The minimum Gasteiger partial charge on any atom is -0.356 e. The molecule has 2 heterocycles. The fraction of sp³-hybridized carbons (Fsp3) is 0.190. The molecule has 1 N–H and O–H groups in total. The zero-order valence-corrected chi connectivity index (χ0v) is 16.6. The van der Waals surface area contributed by atoms with Crippen LogP contribution in [0, 0.1) is 12.7 Å². The minimum absolute atomic E-state index is 0.229. The van der Waals surface area contributed by atoms with Crippen molar-refractivity contribution in [2.24, 2.45) is 0 Å². The van der Waals surface area contributed by atoms with Gasteiger partial charge in [0.15, 0.2) is 10.9 Å². The molecule has 4 rings (SSSR count). The Morgan fingerprint density at radius 3 is 2.66 bits per heavy atom. The molecule has 8 heteroatoms. The summed E-state index contributed by atoms with van der Waals surface area (Å²) in [7, 11) is 0. The molecule has 0 aliphatic carbocycles. The maximum absolute atomic E-state index is 13.1. The van der Waals surface area contributed by atoms with Crippen LogP contribution in [0.5, 0.6) is 0 Å². The monoisotopic (exact) mass is 410 g/mol. The SMILES string of the molecule is Cc1c(CSc2n[nH]c(=O)n2CCc2ccccc2)noc1-c1ccc(F)cc1. The third-order valence-electron chi connectivity index (χ3n) is 4.66. The Hall–Kier alpha value is -3.13. The van der Waals surface area contributed by atoms with Gasteiger partial charge in [-0.2, -0.15) is 0 Å². The molecular formula is C21H19FN4O2S. The number of rotatable bonds is 7. The quantitative estimate of drug-likeness (QED) is 0.462. The number of halogens is 1. The van der Waals surface area contributed by atoms with Crippen LogP contribution in [0.2, 0.25) is 0 Å². The number of nitrogens with zero attached hydrogens (tertiary/aromatic N) is 3.